The van der Waals surface area contributed by atoms with Crippen LogP contribution in [0.4, 0.5) is 11.4 Å². The van der Waals surface area contributed by atoms with Gasteiger partial charge in [0.2, 0.25) is 0 Å². The van der Waals surface area contributed by atoms with Crippen molar-refractivity contribution in [3.8, 4) is 0 Å². The zero-order valence-corrected chi connectivity index (χ0v) is 15.3. The van der Waals surface area contributed by atoms with Crippen LogP contribution in [0.1, 0.15) is 15.9 Å². The predicted molar refractivity (Wildman–Crippen MR) is 101 cm³/mol. The van der Waals surface area contributed by atoms with E-state index >= 15 is 0 Å². The van der Waals surface area contributed by atoms with Crippen molar-refractivity contribution in [1.82, 2.24) is 0 Å². The molecule has 2 aromatic rings. The number of morpholine rings is 1. The number of anilines is 2. The van der Waals surface area contributed by atoms with E-state index < -0.39 is 10.8 Å². The first-order chi connectivity index (χ1) is 12.0. The lowest BCUT2D eigenvalue weighted by molar-refractivity contribution is 0.102. The van der Waals surface area contributed by atoms with E-state index in [-0.39, 0.29) is 5.91 Å². The SMILES string of the molecule is Cc1cc(N2CCOCC2)ccc1NC(=O)c1ccc(S(C)=O)cc1. The largest absolute Gasteiger partial charge is 0.378 e. The number of rotatable bonds is 4. The monoisotopic (exact) mass is 358 g/mol. The number of nitrogens with zero attached hydrogens (tertiary/aromatic N) is 1. The first-order valence-corrected chi connectivity index (χ1v) is 9.78. The summed E-state index contributed by atoms with van der Waals surface area (Å²) in [6.07, 6.45) is 1.62. The van der Waals surface area contributed by atoms with Crippen LogP contribution in [0, 0.1) is 6.92 Å². The molecule has 6 heteroatoms. The third-order valence-corrected chi connectivity index (χ3v) is 5.22. The van der Waals surface area contributed by atoms with Crippen LogP contribution in [-0.4, -0.2) is 42.7 Å². The number of hydrogen-bond donors (Lipinski definition) is 1. The molecule has 0 saturated carbocycles. The lowest BCUT2D eigenvalue weighted by atomic mass is 10.1. The van der Waals surface area contributed by atoms with Crippen LogP contribution in [0.2, 0.25) is 0 Å². The van der Waals surface area contributed by atoms with Crippen molar-refractivity contribution in [3.05, 3.63) is 53.6 Å². The molecule has 0 bridgehead atoms. The molecular weight excluding hydrogens is 336 g/mol. The van der Waals surface area contributed by atoms with Crippen molar-refractivity contribution in [2.45, 2.75) is 11.8 Å². The van der Waals surface area contributed by atoms with Crippen LogP contribution in [0.25, 0.3) is 0 Å². The van der Waals surface area contributed by atoms with Gasteiger partial charge in [-0.1, -0.05) is 0 Å². The number of amides is 1. The van der Waals surface area contributed by atoms with Crippen molar-refractivity contribution in [1.29, 1.82) is 0 Å². The van der Waals surface area contributed by atoms with Crippen molar-refractivity contribution in [3.63, 3.8) is 0 Å². The van der Waals surface area contributed by atoms with E-state index in [9.17, 15) is 9.00 Å². The summed E-state index contributed by atoms with van der Waals surface area (Å²) in [5.74, 6) is -0.171. The fourth-order valence-corrected chi connectivity index (χ4v) is 3.32. The number of nitrogens with one attached hydrogen (secondary N) is 1. The Morgan fingerprint density at radius 3 is 2.40 bits per heavy atom. The zero-order chi connectivity index (χ0) is 17.8. The molecule has 25 heavy (non-hydrogen) atoms. The maximum atomic E-state index is 12.4. The van der Waals surface area contributed by atoms with E-state index in [1.54, 1.807) is 30.5 Å². The smallest absolute Gasteiger partial charge is 0.255 e. The molecule has 1 aliphatic heterocycles. The number of carbonyl (C=O) groups is 1. The Balaban J connectivity index is 1.71. The van der Waals surface area contributed by atoms with Gasteiger partial charge in [-0.15, -0.1) is 0 Å². The minimum absolute atomic E-state index is 0.171. The number of aryl methyl sites for hydroxylation is 1. The molecule has 2 aromatic carbocycles. The molecule has 0 aliphatic carbocycles. The highest BCUT2D eigenvalue weighted by Gasteiger charge is 2.13. The van der Waals surface area contributed by atoms with Gasteiger partial charge in [0.15, 0.2) is 0 Å². The average Bonchev–Trinajstić information content (AvgIpc) is 2.64. The maximum Gasteiger partial charge on any atom is 0.255 e. The summed E-state index contributed by atoms with van der Waals surface area (Å²) in [6.45, 7) is 5.25. The molecule has 1 amide bonds. The van der Waals surface area contributed by atoms with Crippen molar-refractivity contribution < 1.29 is 13.7 Å². The van der Waals surface area contributed by atoms with E-state index in [4.69, 9.17) is 4.74 Å². The highest BCUT2D eigenvalue weighted by atomic mass is 32.2. The molecule has 0 aromatic heterocycles. The maximum absolute atomic E-state index is 12.4. The molecule has 1 aliphatic rings. The minimum Gasteiger partial charge on any atom is -0.378 e. The Bertz CT molecular complexity index is 784. The molecule has 0 radical (unpaired) electrons. The van der Waals surface area contributed by atoms with Crippen LogP contribution in [0.3, 0.4) is 0 Å². The van der Waals surface area contributed by atoms with Gasteiger partial charge >= 0.3 is 0 Å². The predicted octanol–water partition coefficient (Wildman–Crippen LogP) is 2.82. The average molecular weight is 358 g/mol. The standard InChI is InChI=1S/C19H22N2O3S/c1-14-13-16(21-9-11-24-12-10-21)5-8-18(14)20-19(22)15-3-6-17(7-4-15)25(2)23/h3-8,13H,9-12H2,1-2H3,(H,20,22). The lowest BCUT2D eigenvalue weighted by Gasteiger charge is -2.29. The molecule has 1 N–H and O–H groups in total. The van der Waals surface area contributed by atoms with Crippen molar-refractivity contribution >= 4 is 28.1 Å². The molecular formula is C19H22N2O3S. The molecule has 132 valence electrons. The van der Waals surface area contributed by atoms with Crippen LogP contribution in [-0.2, 0) is 15.5 Å². The molecule has 1 unspecified atom stereocenters. The van der Waals surface area contributed by atoms with Gasteiger partial charge in [-0.2, -0.15) is 0 Å². The van der Waals surface area contributed by atoms with Gasteiger partial charge in [0.05, 0.1) is 13.2 Å². The first-order valence-electron chi connectivity index (χ1n) is 8.23. The Morgan fingerprint density at radius 2 is 1.80 bits per heavy atom. The lowest BCUT2D eigenvalue weighted by Crippen LogP contribution is -2.36. The Morgan fingerprint density at radius 1 is 1.12 bits per heavy atom. The van der Waals surface area contributed by atoms with Crippen LogP contribution >= 0.6 is 0 Å². The zero-order valence-electron chi connectivity index (χ0n) is 14.5. The Hall–Kier alpha value is -2.18. The van der Waals surface area contributed by atoms with Crippen LogP contribution in [0.5, 0.6) is 0 Å². The number of carbonyl (C=O) groups excluding carboxylic acids is 1. The van der Waals surface area contributed by atoms with Crippen molar-refractivity contribution in [2.24, 2.45) is 0 Å². The summed E-state index contributed by atoms with van der Waals surface area (Å²) in [5.41, 5.74) is 3.51. The summed E-state index contributed by atoms with van der Waals surface area (Å²) in [5, 5.41) is 2.95. The van der Waals surface area contributed by atoms with Gasteiger partial charge in [-0.05, 0) is 55.0 Å². The van der Waals surface area contributed by atoms with E-state index in [0.717, 1.165) is 43.2 Å². The third-order valence-electron chi connectivity index (χ3n) is 4.28. The first kappa shape index (κ1) is 17.6. The summed E-state index contributed by atoms with van der Waals surface area (Å²) < 4.78 is 16.8. The van der Waals surface area contributed by atoms with Gasteiger partial charge < -0.3 is 15.0 Å². The van der Waals surface area contributed by atoms with E-state index in [1.165, 1.54) is 0 Å². The summed E-state index contributed by atoms with van der Waals surface area (Å²) in [7, 11) is -1.04. The molecule has 0 spiro atoms. The van der Waals surface area contributed by atoms with E-state index in [0.29, 0.717) is 10.5 Å². The molecule has 1 atom stereocenters. The highest BCUT2D eigenvalue weighted by molar-refractivity contribution is 7.84. The second kappa shape index (κ2) is 7.80. The number of ether oxygens (including phenoxy) is 1. The molecule has 3 rings (SSSR count). The summed E-state index contributed by atoms with van der Waals surface area (Å²) >= 11 is 0. The number of benzene rings is 2. The fraction of sp³-hybridized carbons (Fsp3) is 0.316. The quantitative estimate of drug-likeness (QED) is 0.913. The fourth-order valence-electron chi connectivity index (χ4n) is 2.80. The van der Waals surface area contributed by atoms with Gasteiger partial charge in [0, 0.05) is 52.0 Å². The topological polar surface area (TPSA) is 58.6 Å². The molecule has 1 saturated heterocycles. The van der Waals surface area contributed by atoms with E-state index in [2.05, 4.69) is 16.3 Å². The minimum atomic E-state index is -1.04. The van der Waals surface area contributed by atoms with Gasteiger partial charge in [0.25, 0.3) is 5.91 Å². The van der Waals surface area contributed by atoms with Gasteiger partial charge in [0.1, 0.15) is 0 Å². The van der Waals surface area contributed by atoms with E-state index in [1.807, 2.05) is 19.1 Å². The number of hydrogen-bond acceptors (Lipinski definition) is 4. The Kier molecular flexibility index (Phi) is 5.50. The van der Waals surface area contributed by atoms with Crippen LogP contribution < -0.4 is 10.2 Å². The van der Waals surface area contributed by atoms with Gasteiger partial charge in [-0.25, -0.2) is 0 Å². The summed E-state index contributed by atoms with van der Waals surface area (Å²) in [4.78, 5) is 15.4. The van der Waals surface area contributed by atoms with Gasteiger partial charge in [-0.3, -0.25) is 9.00 Å². The molecule has 1 heterocycles. The van der Waals surface area contributed by atoms with Crippen LogP contribution in [0.15, 0.2) is 47.4 Å². The molecule has 1 fully saturated rings. The van der Waals surface area contributed by atoms with Crippen molar-refractivity contribution in [2.75, 3.05) is 42.8 Å². The third kappa shape index (κ3) is 4.27. The summed E-state index contributed by atoms with van der Waals surface area (Å²) in [6, 6.07) is 12.9. The molecule has 5 nitrogen and oxygen atoms in total. The normalized spacial score (nSPS) is 15.7. The Labute approximate surface area is 150 Å². The highest BCUT2D eigenvalue weighted by Crippen LogP contribution is 2.24. The second-order valence-electron chi connectivity index (χ2n) is 6.03. The second-order valence-corrected chi connectivity index (χ2v) is 7.41.